The minimum absolute atomic E-state index is 0.336. The van der Waals surface area contributed by atoms with Crippen LogP contribution in [0.3, 0.4) is 0 Å². The van der Waals surface area contributed by atoms with E-state index in [1.54, 1.807) is 7.11 Å². The van der Waals surface area contributed by atoms with Crippen molar-refractivity contribution in [2.75, 3.05) is 19.6 Å². The van der Waals surface area contributed by atoms with Gasteiger partial charge in [0, 0.05) is 25.6 Å². The first kappa shape index (κ1) is 13.5. The van der Waals surface area contributed by atoms with Crippen molar-refractivity contribution in [2.24, 2.45) is 0 Å². The van der Waals surface area contributed by atoms with Crippen molar-refractivity contribution < 1.29 is 4.74 Å². The largest absolute Gasteiger partial charge is 0.383 e. The Morgan fingerprint density at radius 3 is 2.88 bits per heavy atom. The van der Waals surface area contributed by atoms with Crippen LogP contribution in [0.2, 0.25) is 0 Å². The van der Waals surface area contributed by atoms with Gasteiger partial charge < -0.3 is 10.1 Å². The van der Waals surface area contributed by atoms with Crippen LogP contribution in [0.15, 0.2) is 24.3 Å². The molecule has 1 N–H and O–H groups in total. The van der Waals surface area contributed by atoms with E-state index in [1.807, 2.05) is 0 Å². The SMILES string of the molecule is COCC(CCCl)NCc1cccc(C)c1. The zero-order valence-corrected chi connectivity index (χ0v) is 10.8. The van der Waals surface area contributed by atoms with Crippen LogP contribution in [0, 0.1) is 6.92 Å². The molecular weight excluding hydrogens is 222 g/mol. The van der Waals surface area contributed by atoms with Gasteiger partial charge in [0.2, 0.25) is 0 Å². The Morgan fingerprint density at radius 1 is 1.44 bits per heavy atom. The van der Waals surface area contributed by atoms with Gasteiger partial charge in [-0.25, -0.2) is 0 Å². The van der Waals surface area contributed by atoms with E-state index < -0.39 is 0 Å². The van der Waals surface area contributed by atoms with Gasteiger partial charge in [0.05, 0.1) is 6.61 Å². The molecule has 1 atom stereocenters. The highest BCUT2D eigenvalue weighted by molar-refractivity contribution is 6.17. The summed E-state index contributed by atoms with van der Waals surface area (Å²) in [6.45, 7) is 3.68. The van der Waals surface area contributed by atoms with Gasteiger partial charge in [-0.3, -0.25) is 0 Å². The summed E-state index contributed by atoms with van der Waals surface area (Å²) in [4.78, 5) is 0. The number of nitrogens with one attached hydrogen (secondary N) is 1. The van der Waals surface area contributed by atoms with E-state index in [0.29, 0.717) is 18.5 Å². The number of hydrogen-bond acceptors (Lipinski definition) is 2. The van der Waals surface area contributed by atoms with Crippen molar-refractivity contribution >= 4 is 11.6 Å². The molecule has 90 valence electrons. The van der Waals surface area contributed by atoms with Gasteiger partial charge >= 0.3 is 0 Å². The molecule has 16 heavy (non-hydrogen) atoms. The molecule has 0 aliphatic rings. The Labute approximate surface area is 103 Å². The van der Waals surface area contributed by atoms with E-state index >= 15 is 0 Å². The lowest BCUT2D eigenvalue weighted by molar-refractivity contribution is 0.164. The lowest BCUT2D eigenvalue weighted by atomic mass is 10.1. The van der Waals surface area contributed by atoms with Crippen molar-refractivity contribution in [2.45, 2.75) is 25.9 Å². The van der Waals surface area contributed by atoms with Gasteiger partial charge in [-0.05, 0) is 18.9 Å². The standard InChI is InChI=1S/C13H20ClNO/c1-11-4-3-5-12(8-11)9-15-13(6-7-14)10-16-2/h3-5,8,13,15H,6-7,9-10H2,1-2H3. The minimum Gasteiger partial charge on any atom is -0.383 e. The summed E-state index contributed by atoms with van der Waals surface area (Å²) in [5.74, 6) is 0.662. The fraction of sp³-hybridized carbons (Fsp3) is 0.538. The number of aryl methyl sites for hydroxylation is 1. The number of alkyl halides is 1. The smallest absolute Gasteiger partial charge is 0.0616 e. The summed E-state index contributed by atoms with van der Waals surface area (Å²) >= 11 is 5.74. The third-order valence-electron chi connectivity index (χ3n) is 2.50. The van der Waals surface area contributed by atoms with Gasteiger partial charge in [-0.1, -0.05) is 29.8 Å². The topological polar surface area (TPSA) is 21.3 Å². The van der Waals surface area contributed by atoms with Crippen LogP contribution in [0.4, 0.5) is 0 Å². The second-order valence-electron chi connectivity index (χ2n) is 4.00. The van der Waals surface area contributed by atoms with Crippen LogP contribution < -0.4 is 5.32 Å². The molecule has 1 unspecified atom stereocenters. The fourth-order valence-corrected chi connectivity index (χ4v) is 1.92. The normalized spacial score (nSPS) is 12.7. The molecule has 2 nitrogen and oxygen atoms in total. The van der Waals surface area contributed by atoms with Crippen LogP contribution in [0.25, 0.3) is 0 Å². The quantitative estimate of drug-likeness (QED) is 0.742. The molecule has 0 heterocycles. The van der Waals surface area contributed by atoms with Crippen molar-refractivity contribution in [1.29, 1.82) is 0 Å². The average Bonchev–Trinajstić information content (AvgIpc) is 2.27. The molecule has 0 fully saturated rings. The fourth-order valence-electron chi connectivity index (χ4n) is 1.66. The van der Waals surface area contributed by atoms with E-state index in [4.69, 9.17) is 16.3 Å². The lowest BCUT2D eigenvalue weighted by Gasteiger charge is -2.16. The molecule has 0 bridgehead atoms. The first-order chi connectivity index (χ1) is 7.76. The highest BCUT2D eigenvalue weighted by atomic mass is 35.5. The average molecular weight is 242 g/mol. The molecular formula is C13H20ClNO. The van der Waals surface area contributed by atoms with Crippen LogP contribution in [0.5, 0.6) is 0 Å². The number of benzene rings is 1. The Balaban J connectivity index is 2.41. The first-order valence-electron chi connectivity index (χ1n) is 5.60. The molecule has 0 aromatic heterocycles. The molecule has 0 saturated heterocycles. The predicted molar refractivity (Wildman–Crippen MR) is 69.0 cm³/mol. The predicted octanol–water partition coefficient (Wildman–Crippen LogP) is 2.73. The summed E-state index contributed by atoms with van der Waals surface area (Å²) < 4.78 is 5.15. The molecule has 0 saturated carbocycles. The van der Waals surface area contributed by atoms with Gasteiger partial charge in [-0.2, -0.15) is 0 Å². The minimum atomic E-state index is 0.336. The van der Waals surface area contributed by atoms with E-state index in [1.165, 1.54) is 11.1 Å². The van der Waals surface area contributed by atoms with Crippen LogP contribution in [-0.2, 0) is 11.3 Å². The molecule has 1 aromatic carbocycles. The summed E-state index contributed by atoms with van der Waals surface area (Å²) in [5, 5.41) is 3.46. The zero-order chi connectivity index (χ0) is 11.8. The number of methoxy groups -OCH3 is 1. The Kier molecular flexibility index (Phi) is 6.46. The van der Waals surface area contributed by atoms with Crippen LogP contribution >= 0.6 is 11.6 Å². The maximum atomic E-state index is 5.74. The Morgan fingerprint density at radius 2 is 2.25 bits per heavy atom. The van der Waals surface area contributed by atoms with E-state index in [-0.39, 0.29) is 0 Å². The van der Waals surface area contributed by atoms with E-state index in [9.17, 15) is 0 Å². The van der Waals surface area contributed by atoms with Gasteiger partial charge in [-0.15, -0.1) is 11.6 Å². The summed E-state index contributed by atoms with van der Waals surface area (Å²) in [6, 6.07) is 8.85. The number of rotatable bonds is 7. The number of halogens is 1. The highest BCUT2D eigenvalue weighted by Gasteiger charge is 2.06. The summed E-state index contributed by atoms with van der Waals surface area (Å²) in [5.41, 5.74) is 2.59. The Hall–Kier alpha value is -0.570. The molecule has 3 heteroatoms. The third-order valence-corrected chi connectivity index (χ3v) is 2.72. The van der Waals surface area contributed by atoms with Crippen molar-refractivity contribution in [3.05, 3.63) is 35.4 Å². The maximum Gasteiger partial charge on any atom is 0.0616 e. The van der Waals surface area contributed by atoms with Gasteiger partial charge in [0.1, 0.15) is 0 Å². The second kappa shape index (κ2) is 7.66. The van der Waals surface area contributed by atoms with Crippen molar-refractivity contribution in [1.82, 2.24) is 5.32 Å². The Bertz CT molecular complexity index is 298. The van der Waals surface area contributed by atoms with Gasteiger partial charge in [0.15, 0.2) is 0 Å². The molecule has 1 rings (SSSR count). The van der Waals surface area contributed by atoms with E-state index in [0.717, 1.165) is 13.0 Å². The first-order valence-corrected chi connectivity index (χ1v) is 6.13. The summed E-state index contributed by atoms with van der Waals surface area (Å²) in [6.07, 6.45) is 0.932. The highest BCUT2D eigenvalue weighted by Crippen LogP contribution is 2.05. The second-order valence-corrected chi connectivity index (χ2v) is 4.38. The zero-order valence-electron chi connectivity index (χ0n) is 10.0. The molecule has 0 amide bonds. The van der Waals surface area contributed by atoms with E-state index in [2.05, 4.69) is 36.5 Å². The van der Waals surface area contributed by atoms with Crippen molar-refractivity contribution in [3.8, 4) is 0 Å². The molecule has 0 spiro atoms. The third kappa shape index (κ3) is 4.97. The van der Waals surface area contributed by atoms with Crippen molar-refractivity contribution in [3.63, 3.8) is 0 Å². The monoisotopic (exact) mass is 241 g/mol. The number of ether oxygens (including phenoxy) is 1. The molecule has 0 aliphatic carbocycles. The molecule has 0 radical (unpaired) electrons. The molecule has 1 aromatic rings. The van der Waals surface area contributed by atoms with Gasteiger partial charge in [0.25, 0.3) is 0 Å². The number of hydrogen-bond donors (Lipinski definition) is 1. The van der Waals surface area contributed by atoms with Crippen LogP contribution in [0.1, 0.15) is 17.5 Å². The van der Waals surface area contributed by atoms with Crippen LogP contribution in [-0.4, -0.2) is 25.6 Å². The lowest BCUT2D eigenvalue weighted by Crippen LogP contribution is -2.33. The maximum absolute atomic E-state index is 5.74. The molecule has 0 aliphatic heterocycles. The summed E-state index contributed by atoms with van der Waals surface area (Å²) in [7, 11) is 1.72.